The Bertz CT molecular complexity index is 949. The van der Waals surface area contributed by atoms with E-state index < -0.39 is 15.9 Å². The maximum absolute atomic E-state index is 12.8. The first-order valence-corrected chi connectivity index (χ1v) is 12.0. The van der Waals surface area contributed by atoms with E-state index in [2.05, 4.69) is 5.32 Å². The van der Waals surface area contributed by atoms with Crippen LogP contribution < -0.4 is 10.1 Å². The Morgan fingerprint density at radius 1 is 1.24 bits per heavy atom. The second-order valence-corrected chi connectivity index (χ2v) is 9.68. The van der Waals surface area contributed by atoms with Crippen LogP contribution in [0, 0.1) is 0 Å². The molecule has 0 saturated carbocycles. The molecule has 29 heavy (non-hydrogen) atoms. The average Bonchev–Trinajstić information content (AvgIpc) is 2.69. The zero-order valence-electron chi connectivity index (χ0n) is 16.8. The van der Waals surface area contributed by atoms with Crippen molar-refractivity contribution < 1.29 is 17.9 Å². The predicted octanol–water partition coefficient (Wildman–Crippen LogP) is 3.96. The number of likely N-dealkylation sites (N-methyl/N-ethyl adjacent to an activating group) is 1. The fourth-order valence-corrected chi connectivity index (χ4v) is 4.51. The molecule has 0 aliphatic rings. The fraction of sp³-hybridized carbons (Fsp3) is 0.350. The number of hydrogen-bond donors (Lipinski definition) is 1. The lowest BCUT2D eigenvalue weighted by atomic mass is 10.1. The fourth-order valence-electron chi connectivity index (χ4n) is 2.64. The third-order valence-electron chi connectivity index (χ3n) is 4.27. The highest BCUT2D eigenvalue weighted by Crippen LogP contribution is 2.28. The molecule has 0 fully saturated rings. The number of sulfonamides is 1. The molecular formula is C20H25ClN2O4S2. The number of ether oxygens (including phenoxy) is 1. The molecule has 0 spiro atoms. The topological polar surface area (TPSA) is 75.7 Å². The van der Waals surface area contributed by atoms with Crippen molar-refractivity contribution in [1.29, 1.82) is 0 Å². The molecule has 0 bridgehead atoms. The second kappa shape index (κ2) is 10.3. The normalized spacial score (nSPS) is 12.6. The van der Waals surface area contributed by atoms with Crippen LogP contribution in [0.4, 0.5) is 0 Å². The van der Waals surface area contributed by atoms with Crippen LogP contribution in [-0.4, -0.2) is 45.1 Å². The molecule has 0 aliphatic heterocycles. The smallest absolute Gasteiger partial charge is 0.243 e. The number of nitrogens with one attached hydrogen (secondary N) is 1. The molecule has 158 valence electrons. The van der Waals surface area contributed by atoms with Crippen molar-refractivity contribution in [3.63, 3.8) is 0 Å². The van der Waals surface area contributed by atoms with Crippen LogP contribution in [0.1, 0.15) is 25.5 Å². The Kier molecular flexibility index (Phi) is 8.39. The van der Waals surface area contributed by atoms with Crippen molar-refractivity contribution in [2.45, 2.75) is 29.7 Å². The highest BCUT2D eigenvalue weighted by molar-refractivity contribution is 7.98. The Hall–Kier alpha value is -1.74. The van der Waals surface area contributed by atoms with Crippen LogP contribution in [0.15, 0.2) is 52.3 Å². The van der Waals surface area contributed by atoms with Gasteiger partial charge < -0.3 is 10.1 Å². The van der Waals surface area contributed by atoms with E-state index in [0.29, 0.717) is 12.4 Å². The van der Waals surface area contributed by atoms with E-state index in [4.69, 9.17) is 16.3 Å². The van der Waals surface area contributed by atoms with Crippen molar-refractivity contribution >= 4 is 39.3 Å². The third-order valence-corrected chi connectivity index (χ3v) is 7.11. The standard InChI is InChI=1S/C20H25ClN2O4S2/c1-5-27-19-11-10-17(12-18(19)21)29(25,26)23(3)13-20(24)22-14(2)15-6-8-16(28-4)9-7-15/h6-12,14H,5,13H2,1-4H3,(H,22,24)/t14-/m0/s1. The van der Waals surface area contributed by atoms with Crippen molar-refractivity contribution in [1.82, 2.24) is 9.62 Å². The van der Waals surface area contributed by atoms with Crippen LogP contribution in [0.3, 0.4) is 0 Å². The number of thioether (sulfide) groups is 1. The van der Waals surface area contributed by atoms with Gasteiger partial charge in [0.25, 0.3) is 0 Å². The lowest BCUT2D eigenvalue weighted by molar-refractivity contribution is -0.121. The van der Waals surface area contributed by atoms with Gasteiger partial charge in [0.15, 0.2) is 0 Å². The molecule has 0 saturated heterocycles. The largest absolute Gasteiger partial charge is 0.492 e. The molecule has 1 amide bonds. The average molecular weight is 457 g/mol. The molecule has 1 N–H and O–H groups in total. The van der Waals surface area contributed by atoms with E-state index in [9.17, 15) is 13.2 Å². The first-order chi connectivity index (χ1) is 13.7. The van der Waals surface area contributed by atoms with Crippen LogP contribution in [-0.2, 0) is 14.8 Å². The van der Waals surface area contributed by atoms with Crippen LogP contribution in [0.25, 0.3) is 0 Å². The number of amides is 1. The van der Waals surface area contributed by atoms with Gasteiger partial charge in [-0.25, -0.2) is 8.42 Å². The van der Waals surface area contributed by atoms with Gasteiger partial charge in [-0.05, 0) is 56.0 Å². The third kappa shape index (κ3) is 6.12. The van der Waals surface area contributed by atoms with E-state index in [1.165, 1.54) is 25.2 Å². The summed E-state index contributed by atoms with van der Waals surface area (Å²) in [6.07, 6.45) is 1.99. The van der Waals surface area contributed by atoms with E-state index in [1.807, 2.05) is 44.4 Å². The number of benzene rings is 2. The lowest BCUT2D eigenvalue weighted by Gasteiger charge is -2.20. The Morgan fingerprint density at radius 2 is 1.90 bits per heavy atom. The molecular weight excluding hydrogens is 432 g/mol. The second-order valence-electron chi connectivity index (χ2n) is 6.35. The van der Waals surface area contributed by atoms with Gasteiger partial charge in [-0.15, -0.1) is 11.8 Å². The molecule has 1 atom stereocenters. The van der Waals surface area contributed by atoms with Gasteiger partial charge >= 0.3 is 0 Å². The zero-order valence-corrected chi connectivity index (χ0v) is 19.2. The Morgan fingerprint density at radius 3 is 2.45 bits per heavy atom. The summed E-state index contributed by atoms with van der Waals surface area (Å²) in [6, 6.07) is 11.9. The van der Waals surface area contributed by atoms with Gasteiger partial charge in [-0.3, -0.25) is 4.79 Å². The SMILES string of the molecule is CCOc1ccc(S(=O)(=O)N(C)CC(=O)N[C@@H](C)c2ccc(SC)cc2)cc1Cl. The van der Waals surface area contributed by atoms with Gasteiger partial charge in [0.2, 0.25) is 15.9 Å². The molecule has 0 aliphatic carbocycles. The van der Waals surface area contributed by atoms with E-state index in [0.717, 1.165) is 14.8 Å². The van der Waals surface area contributed by atoms with Gasteiger partial charge in [-0.2, -0.15) is 4.31 Å². The quantitative estimate of drug-likeness (QED) is 0.578. The number of carbonyl (C=O) groups excluding carboxylic acids is 1. The maximum Gasteiger partial charge on any atom is 0.243 e. The van der Waals surface area contributed by atoms with Crippen molar-refractivity contribution in [2.24, 2.45) is 0 Å². The summed E-state index contributed by atoms with van der Waals surface area (Å²) < 4.78 is 31.8. The van der Waals surface area contributed by atoms with E-state index in [-0.39, 0.29) is 22.5 Å². The van der Waals surface area contributed by atoms with Crippen molar-refractivity contribution in [2.75, 3.05) is 26.5 Å². The number of nitrogens with zero attached hydrogens (tertiary/aromatic N) is 1. The summed E-state index contributed by atoms with van der Waals surface area (Å²) >= 11 is 7.73. The molecule has 2 aromatic carbocycles. The molecule has 9 heteroatoms. The maximum atomic E-state index is 12.8. The van der Waals surface area contributed by atoms with E-state index >= 15 is 0 Å². The number of halogens is 1. The van der Waals surface area contributed by atoms with Gasteiger partial charge in [0, 0.05) is 11.9 Å². The highest BCUT2D eigenvalue weighted by Gasteiger charge is 2.24. The molecule has 2 rings (SSSR count). The summed E-state index contributed by atoms with van der Waals surface area (Å²) in [6.45, 7) is 3.78. The van der Waals surface area contributed by atoms with Crippen molar-refractivity contribution in [3.8, 4) is 5.75 Å². The van der Waals surface area contributed by atoms with Crippen LogP contribution >= 0.6 is 23.4 Å². The molecule has 0 radical (unpaired) electrons. The summed E-state index contributed by atoms with van der Waals surface area (Å²) in [5.74, 6) is 0.0179. The predicted molar refractivity (Wildman–Crippen MR) is 117 cm³/mol. The lowest BCUT2D eigenvalue weighted by Crippen LogP contribution is -2.39. The summed E-state index contributed by atoms with van der Waals surface area (Å²) in [5, 5.41) is 3.03. The molecule has 0 aromatic heterocycles. The summed E-state index contributed by atoms with van der Waals surface area (Å²) in [4.78, 5) is 13.5. The van der Waals surface area contributed by atoms with E-state index in [1.54, 1.807) is 11.8 Å². The minimum absolute atomic E-state index is 0.00181. The molecule has 0 unspecified atom stereocenters. The summed E-state index contributed by atoms with van der Waals surface area (Å²) in [7, 11) is -2.51. The van der Waals surface area contributed by atoms with Gasteiger partial charge in [-0.1, -0.05) is 23.7 Å². The number of hydrogen-bond acceptors (Lipinski definition) is 5. The molecule has 2 aromatic rings. The first kappa shape index (κ1) is 23.5. The molecule has 6 nitrogen and oxygen atoms in total. The molecule has 0 heterocycles. The van der Waals surface area contributed by atoms with Crippen molar-refractivity contribution in [3.05, 3.63) is 53.1 Å². The first-order valence-electron chi connectivity index (χ1n) is 9.01. The Balaban J connectivity index is 2.04. The van der Waals surface area contributed by atoms with Gasteiger partial charge in [0.05, 0.1) is 29.1 Å². The zero-order chi connectivity index (χ0) is 21.6. The Labute approximate surface area is 181 Å². The minimum atomic E-state index is -3.87. The number of rotatable bonds is 9. The van der Waals surface area contributed by atoms with Gasteiger partial charge in [0.1, 0.15) is 5.75 Å². The van der Waals surface area contributed by atoms with Crippen LogP contribution in [0.2, 0.25) is 5.02 Å². The highest BCUT2D eigenvalue weighted by atomic mass is 35.5. The van der Waals surface area contributed by atoms with Crippen LogP contribution in [0.5, 0.6) is 5.75 Å². The summed E-state index contributed by atoms with van der Waals surface area (Å²) in [5.41, 5.74) is 0.944. The minimum Gasteiger partial charge on any atom is -0.492 e. The number of carbonyl (C=O) groups is 1. The monoisotopic (exact) mass is 456 g/mol.